The minimum absolute atomic E-state index is 0.130. The molecule has 4 N–H and O–H groups in total. The number of carboxylic acids is 2. The van der Waals surface area contributed by atoms with Gasteiger partial charge < -0.3 is 21.1 Å². The maximum absolute atomic E-state index is 10.8. The molecule has 2 aromatic rings. The Labute approximate surface area is 101 Å². The molecule has 6 heteroatoms. The summed E-state index contributed by atoms with van der Waals surface area (Å²) in [6.07, 6.45) is 0. The van der Waals surface area contributed by atoms with Crippen LogP contribution in [0.2, 0.25) is 0 Å². The van der Waals surface area contributed by atoms with Crippen LogP contribution in [0.5, 0.6) is 5.75 Å². The number of nitrogens with one attached hydrogen (secondary N) is 1. The minimum atomic E-state index is -1.24. The van der Waals surface area contributed by atoms with Crippen LogP contribution in [-0.4, -0.2) is 27.3 Å². The number of hydrogen-bond acceptors (Lipinski definition) is 3. The third-order valence-electron chi connectivity index (χ3n) is 2.52. The molecule has 0 saturated carbocycles. The van der Waals surface area contributed by atoms with Crippen molar-refractivity contribution in [2.75, 3.05) is 0 Å². The highest BCUT2D eigenvalue weighted by molar-refractivity contribution is 6.05. The third-order valence-corrected chi connectivity index (χ3v) is 2.52. The first kappa shape index (κ1) is 11.7. The fourth-order valence-electron chi connectivity index (χ4n) is 1.74. The molecule has 0 bridgehead atoms. The molecule has 6 nitrogen and oxygen atoms in total. The number of benzene rings is 2. The second kappa shape index (κ2) is 3.92. The second-order valence-electron chi connectivity index (χ2n) is 3.73. The molecule has 0 spiro atoms. The number of carboxylic acid groups (broad SMARTS) is 2. The molecule has 2 rings (SSSR count). The molecule has 2 aromatic carbocycles. The van der Waals surface area contributed by atoms with E-state index in [4.69, 9.17) is 15.9 Å². The van der Waals surface area contributed by atoms with Crippen molar-refractivity contribution in [2.24, 2.45) is 0 Å². The van der Waals surface area contributed by atoms with E-state index in [1.54, 1.807) is 0 Å². The van der Waals surface area contributed by atoms with Gasteiger partial charge >= 0.3 is 11.9 Å². The van der Waals surface area contributed by atoms with E-state index < -0.39 is 11.9 Å². The number of hydrogen-bond donors (Lipinski definition) is 3. The summed E-state index contributed by atoms with van der Waals surface area (Å²) >= 11 is 0. The molecule has 0 aromatic heterocycles. The van der Waals surface area contributed by atoms with E-state index in [0.29, 0.717) is 0 Å². The molecule has 0 fully saturated rings. The summed E-state index contributed by atoms with van der Waals surface area (Å²) in [6.45, 7) is 0. The van der Waals surface area contributed by atoms with E-state index in [0.717, 1.165) is 12.1 Å². The predicted octanol–water partition coefficient (Wildman–Crippen LogP) is 1.86. The van der Waals surface area contributed by atoms with Crippen molar-refractivity contribution in [3.63, 3.8) is 0 Å². The van der Waals surface area contributed by atoms with Gasteiger partial charge in [-0.15, -0.1) is 0 Å². The van der Waals surface area contributed by atoms with Crippen LogP contribution in [0.25, 0.3) is 10.8 Å². The largest absolute Gasteiger partial charge is 0.507 e. The first-order valence-electron chi connectivity index (χ1n) is 4.89. The molecule has 0 amide bonds. The summed E-state index contributed by atoms with van der Waals surface area (Å²) in [5.74, 6) is -2.81. The van der Waals surface area contributed by atoms with Gasteiger partial charge in [0.15, 0.2) is 0 Å². The van der Waals surface area contributed by atoms with Crippen molar-refractivity contribution in [1.29, 1.82) is 0 Å². The van der Waals surface area contributed by atoms with E-state index in [2.05, 4.69) is 0 Å². The lowest BCUT2D eigenvalue weighted by molar-refractivity contribution is 0.0686. The van der Waals surface area contributed by atoms with Crippen LogP contribution in [0.1, 0.15) is 20.7 Å². The van der Waals surface area contributed by atoms with Crippen molar-refractivity contribution < 1.29 is 24.9 Å². The van der Waals surface area contributed by atoms with Gasteiger partial charge in [-0.3, -0.25) is 0 Å². The van der Waals surface area contributed by atoms with Crippen molar-refractivity contribution in [1.82, 2.24) is 5.73 Å². The summed E-state index contributed by atoms with van der Waals surface area (Å²) in [4.78, 5) is 21.7. The van der Waals surface area contributed by atoms with Crippen LogP contribution >= 0.6 is 0 Å². The zero-order chi connectivity index (χ0) is 13.4. The predicted molar refractivity (Wildman–Crippen MR) is 62.3 cm³/mol. The highest BCUT2D eigenvalue weighted by Crippen LogP contribution is 2.33. The van der Waals surface area contributed by atoms with Gasteiger partial charge in [0.2, 0.25) is 0 Å². The Hall–Kier alpha value is -2.76. The standard InChI is InChI=1S/C12H8NO5/c13-8-3-6(11(15)16)1-5-2-7(12(17)18)4-9(14)10(5)8/h1-4,13-14H,(H,15,16)(H,17,18). The van der Waals surface area contributed by atoms with Crippen LogP contribution < -0.4 is 5.73 Å². The summed E-state index contributed by atoms with van der Waals surface area (Å²) in [5.41, 5.74) is 7.18. The maximum atomic E-state index is 10.8. The highest BCUT2D eigenvalue weighted by atomic mass is 16.4. The number of fused-ring (bicyclic) bond motifs is 1. The Morgan fingerprint density at radius 2 is 1.44 bits per heavy atom. The summed E-state index contributed by atoms with van der Waals surface area (Å²) in [6, 6.07) is 4.58. The Morgan fingerprint density at radius 3 is 1.94 bits per heavy atom. The molecular weight excluding hydrogens is 238 g/mol. The van der Waals surface area contributed by atoms with Crippen molar-refractivity contribution in [2.45, 2.75) is 0 Å². The lowest BCUT2D eigenvalue weighted by Crippen LogP contribution is -1.99. The van der Waals surface area contributed by atoms with Crippen LogP contribution in [0.3, 0.4) is 0 Å². The van der Waals surface area contributed by atoms with E-state index >= 15 is 0 Å². The zero-order valence-corrected chi connectivity index (χ0v) is 8.97. The van der Waals surface area contributed by atoms with Crippen LogP contribution in [0.4, 0.5) is 5.69 Å². The third kappa shape index (κ3) is 1.80. The SMILES string of the molecule is [NH]c1cc(C(=O)O)cc2cc(C(=O)O)cc(O)c12. The summed E-state index contributed by atoms with van der Waals surface area (Å²) in [5, 5.41) is 27.7. The Balaban J connectivity index is 2.84. The van der Waals surface area contributed by atoms with Gasteiger partial charge in [-0.2, -0.15) is 0 Å². The molecule has 18 heavy (non-hydrogen) atoms. The fraction of sp³-hybridized carbons (Fsp3) is 0. The lowest BCUT2D eigenvalue weighted by Gasteiger charge is -2.07. The number of aromatic carboxylic acids is 2. The minimum Gasteiger partial charge on any atom is -0.507 e. The Kier molecular flexibility index (Phi) is 2.55. The number of phenols is 1. The van der Waals surface area contributed by atoms with Gasteiger partial charge in [0.1, 0.15) is 5.75 Å². The Morgan fingerprint density at radius 1 is 0.944 bits per heavy atom. The van der Waals surface area contributed by atoms with E-state index in [-0.39, 0.29) is 33.3 Å². The van der Waals surface area contributed by atoms with E-state index in [1.165, 1.54) is 12.1 Å². The molecule has 0 atom stereocenters. The first-order chi connectivity index (χ1) is 8.40. The summed E-state index contributed by atoms with van der Waals surface area (Å²) in [7, 11) is 0. The zero-order valence-electron chi connectivity index (χ0n) is 8.97. The highest BCUT2D eigenvalue weighted by Gasteiger charge is 2.14. The van der Waals surface area contributed by atoms with Gasteiger partial charge in [0.05, 0.1) is 16.8 Å². The molecule has 0 unspecified atom stereocenters. The normalized spacial score (nSPS) is 10.4. The topological polar surface area (TPSA) is 119 Å². The molecule has 0 aliphatic carbocycles. The van der Waals surface area contributed by atoms with Gasteiger partial charge in [-0.05, 0) is 29.7 Å². The van der Waals surface area contributed by atoms with Crippen LogP contribution in [0, 0.1) is 0 Å². The van der Waals surface area contributed by atoms with Crippen molar-refractivity contribution >= 4 is 28.4 Å². The molecule has 91 valence electrons. The molecule has 0 aliphatic rings. The van der Waals surface area contributed by atoms with Gasteiger partial charge in [0, 0.05) is 5.39 Å². The summed E-state index contributed by atoms with van der Waals surface area (Å²) < 4.78 is 0. The van der Waals surface area contributed by atoms with Crippen LogP contribution in [-0.2, 0) is 0 Å². The number of phenolic OH excluding ortho intramolecular Hbond substituents is 1. The second-order valence-corrected chi connectivity index (χ2v) is 3.73. The number of carbonyl (C=O) groups is 2. The molecule has 1 radical (unpaired) electrons. The quantitative estimate of drug-likeness (QED) is 0.747. The van der Waals surface area contributed by atoms with Gasteiger partial charge in [-0.25, -0.2) is 9.59 Å². The molecule has 0 aliphatic heterocycles. The first-order valence-corrected chi connectivity index (χ1v) is 4.89. The number of aromatic hydroxyl groups is 1. The van der Waals surface area contributed by atoms with E-state index in [1.807, 2.05) is 0 Å². The average Bonchev–Trinajstić information content (AvgIpc) is 2.27. The maximum Gasteiger partial charge on any atom is 0.335 e. The van der Waals surface area contributed by atoms with Crippen molar-refractivity contribution in [3.05, 3.63) is 35.4 Å². The lowest BCUT2D eigenvalue weighted by atomic mass is 10.0. The molecule has 0 saturated heterocycles. The Bertz CT molecular complexity index is 623. The average molecular weight is 246 g/mol. The molecule has 0 heterocycles. The van der Waals surface area contributed by atoms with E-state index in [9.17, 15) is 14.7 Å². The smallest absolute Gasteiger partial charge is 0.335 e. The molecular formula is C12H8NO5. The van der Waals surface area contributed by atoms with Gasteiger partial charge in [-0.1, -0.05) is 0 Å². The fourth-order valence-corrected chi connectivity index (χ4v) is 1.74. The monoisotopic (exact) mass is 246 g/mol. The van der Waals surface area contributed by atoms with Crippen molar-refractivity contribution in [3.8, 4) is 5.75 Å². The van der Waals surface area contributed by atoms with Gasteiger partial charge in [0.25, 0.3) is 0 Å². The van der Waals surface area contributed by atoms with Crippen LogP contribution in [0.15, 0.2) is 24.3 Å². The number of rotatable bonds is 2.